The van der Waals surface area contributed by atoms with Crippen LogP contribution in [0.1, 0.15) is 39.5 Å². The maximum absolute atomic E-state index is 12.9. The number of Topliss-reactive ketones (excluding diaryl/α,β-unsaturated/α-hetero) is 1. The summed E-state index contributed by atoms with van der Waals surface area (Å²) >= 11 is 3.42. The highest BCUT2D eigenvalue weighted by molar-refractivity contribution is 9.10. The average molecular weight is 438 g/mol. The van der Waals surface area contributed by atoms with Crippen molar-refractivity contribution in [1.82, 2.24) is 0 Å². The second-order valence-corrected chi connectivity index (χ2v) is 7.82. The topological polar surface area (TPSA) is 38.3 Å². The van der Waals surface area contributed by atoms with Crippen molar-refractivity contribution in [1.29, 1.82) is 0 Å². The molecule has 0 spiro atoms. The molecule has 0 amide bonds. The quantitative estimate of drug-likeness (QED) is 0.428. The van der Waals surface area contributed by atoms with E-state index in [0.717, 1.165) is 21.5 Å². The molecule has 1 atom stereocenters. The van der Waals surface area contributed by atoms with Crippen molar-refractivity contribution in [2.75, 3.05) is 12.4 Å². The van der Waals surface area contributed by atoms with E-state index in [1.54, 1.807) is 7.11 Å². The molecular weight excluding hydrogens is 414 g/mol. The Morgan fingerprint density at radius 1 is 0.964 bits per heavy atom. The van der Waals surface area contributed by atoms with Crippen LogP contribution in [-0.4, -0.2) is 12.9 Å². The van der Waals surface area contributed by atoms with Gasteiger partial charge < -0.3 is 10.1 Å². The number of aryl methyl sites for hydroxylation is 2. The Labute approximate surface area is 174 Å². The van der Waals surface area contributed by atoms with Crippen molar-refractivity contribution in [3.05, 3.63) is 93.5 Å². The Morgan fingerprint density at radius 2 is 1.64 bits per heavy atom. The maximum Gasteiger partial charge on any atom is 0.165 e. The van der Waals surface area contributed by atoms with Gasteiger partial charge in [-0.2, -0.15) is 0 Å². The molecular formula is C24H24BrNO2. The SMILES string of the molecule is COc1ccc(C(CC(=O)c2ccc(Br)cc2)Nc2ccc(C)c(C)c2)cc1. The van der Waals surface area contributed by atoms with Gasteiger partial charge in [0.2, 0.25) is 0 Å². The highest BCUT2D eigenvalue weighted by atomic mass is 79.9. The Kier molecular flexibility index (Phi) is 6.53. The third-order valence-corrected chi connectivity index (χ3v) is 5.45. The molecule has 1 N–H and O–H groups in total. The number of rotatable bonds is 7. The fourth-order valence-electron chi connectivity index (χ4n) is 3.06. The summed E-state index contributed by atoms with van der Waals surface area (Å²) in [6.45, 7) is 4.19. The number of carbonyl (C=O) groups excluding carboxylic acids is 1. The van der Waals surface area contributed by atoms with Crippen LogP contribution in [0.4, 0.5) is 5.69 Å². The summed E-state index contributed by atoms with van der Waals surface area (Å²) in [5, 5.41) is 3.54. The third kappa shape index (κ3) is 5.02. The number of anilines is 1. The molecule has 144 valence electrons. The van der Waals surface area contributed by atoms with E-state index in [9.17, 15) is 4.79 Å². The minimum Gasteiger partial charge on any atom is -0.497 e. The lowest BCUT2D eigenvalue weighted by atomic mass is 9.97. The first kappa shape index (κ1) is 20.2. The highest BCUT2D eigenvalue weighted by Crippen LogP contribution is 2.27. The van der Waals surface area contributed by atoms with Gasteiger partial charge in [-0.1, -0.05) is 46.3 Å². The molecule has 4 heteroatoms. The van der Waals surface area contributed by atoms with Crippen LogP contribution in [-0.2, 0) is 0 Å². The van der Waals surface area contributed by atoms with Gasteiger partial charge in [-0.3, -0.25) is 4.79 Å². The predicted molar refractivity (Wildman–Crippen MR) is 118 cm³/mol. The number of nitrogens with one attached hydrogen (secondary N) is 1. The van der Waals surface area contributed by atoms with E-state index in [0.29, 0.717) is 12.0 Å². The molecule has 3 rings (SSSR count). The molecule has 0 radical (unpaired) electrons. The lowest BCUT2D eigenvalue weighted by Crippen LogP contribution is -2.16. The lowest BCUT2D eigenvalue weighted by molar-refractivity contribution is 0.0976. The normalized spacial score (nSPS) is 11.7. The Balaban J connectivity index is 1.87. The van der Waals surface area contributed by atoms with Gasteiger partial charge in [0.15, 0.2) is 5.78 Å². The smallest absolute Gasteiger partial charge is 0.165 e. The summed E-state index contributed by atoms with van der Waals surface area (Å²) < 4.78 is 6.23. The zero-order chi connectivity index (χ0) is 20.1. The van der Waals surface area contributed by atoms with E-state index >= 15 is 0 Å². The molecule has 3 aromatic carbocycles. The van der Waals surface area contributed by atoms with Crippen LogP contribution in [0.3, 0.4) is 0 Å². The fraction of sp³-hybridized carbons (Fsp3) is 0.208. The van der Waals surface area contributed by atoms with Gasteiger partial charge in [0.1, 0.15) is 5.75 Å². The minimum atomic E-state index is -0.135. The Bertz CT molecular complexity index is 949. The molecule has 0 bridgehead atoms. The molecule has 0 saturated heterocycles. The number of carbonyl (C=O) groups is 1. The number of hydrogen-bond acceptors (Lipinski definition) is 3. The molecule has 0 fully saturated rings. The maximum atomic E-state index is 12.9. The molecule has 3 nitrogen and oxygen atoms in total. The molecule has 0 aliphatic heterocycles. The van der Waals surface area contributed by atoms with Gasteiger partial charge in [0.25, 0.3) is 0 Å². The van der Waals surface area contributed by atoms with Crippen molar-refractivity contribution >= 4 is 27.4 Å². The van der Waals surface area contributed by atoms with Crippen LogP contribution in [0.15, 0.2) is 71.2 Å². The summed E-state index contributed by atoms with van der Waals surface area (Å²) in [5.74, 6) is 0.901. The number of ether oxygens (including phenoxy) is 1. The third-order valence-electron chi connectivity index (χ3n) is 4.92. The van der Waals surface area contributed by atoms with E-state index in [1.807, 2.05) is 48.5 Å². The van der Waals surface area contributed by atoms with Crippen LogP contribution in [0.5, 0.6) is 5.75 Å². The first-order valence-corrected chi connectivity index (χ1v) is 10.0. The van der Waals surface area contributed by atoms with Crippen molar-refractivity contribution < 1.29 is 9.53 Å². The predicted octanol–water partition coefficient (Wildman–Crippen LogP) is 6.50. The molecule has 0 heterocycles. The first-order chi connectivity index (χ1) is 13.5. The van der Waals surface area contributed by atoms with Crippen LogP contribution in [0.25, 0.3) is 0 Å². The van der Waals surface area contributed by atoms with Crippen molar-refractivity contribution in [2.45, 2.75) is 26.3 Å². The van der Waals surface area contributed by atoms with Crippen LogP contribution in [0.2, 0.25) is 0 Å². The largest absolute Gasteiger partial charge is 0.497 e. The van der Waals surface area contributed by atoms with Crippen LogP contribution < -0.4 is 10.1 Å². The number of methoxy groups -OCH3 is 1. The van der Waals surface area contributed by atoms with Gasteiger partial charge in [-0.05, 0) is 66.9 Å². The molecule has 1 unspecified atom stereocenters. The molecule has 3 aromatic rings. The van der Waals surface area contributed by atoms with E-state index < -0.39 is 0 Å². The van der Waals surface area contributed by atoms with Crippen LogP contribution in [0, 0.1) is 13.8 Å². The van der Waals surface area contributed by atoms with E-state index in [4.69, 9.17) is 4.74 Å². The highest BCUT2D eigenvalue weighted by Gasteiger charge is 2.18. The van der Waals surface area contributed by atoms with E-state index in [1.165, 1.54) is 11.1 Å². The fourth-order valence-corrected chi connectivity index (χ4v) is 3.32. The van der Waals surface area contributed by atoms with Gasteiger partial charge >= 0.3 is 0 Å². The van der Waals surface area contributed by atoms with Crippen molar-refractivity contribution in [2.24, 2.45) is 0 Å². The number of benzene rings is 3. The van der Waals surface area contributed by atoms with Gasteiger partial charge in [-0.15, -0.1) is 0 Å². The van der Waals surface area contributed by atoms with E-state index in [2.05, 4.69) is 53.3 Å². The number of halogens is 1. The van der Waals surface area contributed by atoms with E-state index in [-0.39, 0.29) is 11.8 Å². The number of ketones is 1. The van der Waals surface area contributed by atoms with Gasteiger partial charge in [0.05, 0.1) is 13.2 Å². The molecule has 0 aromatic heterocycles. The first-order valence-electron chi connectivity index (χ1n) is 9.23. The lowest BCUT2D eigenvalue weighted by Gasteiger charge is -2.21. The monoisotopic (exact) mass is 437 g/mol. The Morgan fingerprint density at radius 3 is 2.25 bits per heavy atom. The number of hydrogen-bond donors (Lipinski definition) is 1. The second kappa shape index (κ2) is 9.07. The zero-order valence-electron chi connectivity index (χ0n) is 16.3. The summed E-state index contributed by atoms with van der Waals surface area (Å²) in [4.78, 5) is 12.9. The van der Waals surface area contributed by atoms with Crippen molar-refractivity contribution in [3.63, 3.8) is 0 Å². The standard InChI is InChI=1S/C24H24BrNO2/c1-16-4-11-21(14-17(16)2)26-23(18-7-12-22(28-3)13-8-18)15-24(27)19-5-9-20(25)10-6-19/h4-14,23,26H,15H2,1-3H3. The summed E-state index contributed by atoms with van der Waals surface area (Å²) in [6.07, 6.45) is 0.362. The van der Waals surface area contributed by atoms with Gasteiger partial charge in [-0.25, -0.2) is 0 Å². The Hall–Kier alpha value is -2.59. The summed E-state index contributed by atoms with van der Waals surface area (Å²) in [7, 11) is 1.65. The van der Waals surface area contributed by atoms with Crippen molar-refractivity contribution in [3.8, 4) is 5.75 Å². The summed E-state index contributed by atoms with van der Waals surface area (Å²) in [5.41, 5.74) is 5.23. The molecule has 0 aliphatic rings. The zero-order valence-corrected chi connectivity index (χ0v) is 17.9. The average Bonchev–Trinajstić information content (AvgIpc) is 2.70. The molecule has 0 aliphatic carbocycles. The van der Waals surface area contributed by atoms with Gasteiger partial charge in [0, 0.05) is 22.1 Å². The molecule has 0 saturated carbocycles. The second-order valence-electron chi connectivity index (χ2n) is 6.90. The van der Waals surface area contributed by atoms with Crippen LogP contribution >= 0.6 is 15.9 Å². The molecule has 28 heavy (non-hydrogen) atoms. The summed E-state index contributed by atoms with van der Waals surface area (Å²) in [6, 6.07) is 21.5. The minimum absolute atomic E-state index is 0.102.